The molecule has 3 rings (SSSR count). The standard InChI is InChI=1S/C28H42P2Si4/c1-31(2,3)28(32(4,5)6,33(7,8)9)29-30-34(25-19-13-10-14-20-25,26-21-15-11-16-22-26)27-23-17-12-18-24-27/h10-24H,1-9H3. The Labute approximate surface area is 215 Å². The van der Waals surface area contributed by atoms with Gasteiger partial charge in [0.25, 0.3) is 0 Å². The second kappa shape index (κ2) is 10.2. The van der Waals surface area contributed by atoms with E-state index >= 15 is 0 Å². The highest BCUT2D eigenvalue weighted by molar-refractivity contribution is 8.11. The molecule has 0 fully saturated rings. The van der Waals surface area contributed by atoms with E-state index < -0.39 is 32.0 Å². The molecule has 180 valence electrons. The second-order valence-electron chi connectivity index (χ2n) is 12.5. The molecule has 0 heterocycles. The van der Waals surface area contributed by atoms with Crippen molar-refractivity contribution in [1.82, 2.24) is 0 Å². The van der Waals surface area contributed by atoms with Crippen molar-refractivity contribution >= 4 is 62.8 Å². The van der Waals surface area contributed by atoms with E-state index in [-0.39, 0.29) is 0 Å². The van der Waals surface area contributed by atoms with Gasteiger partial charge in [-0.1, -0.05) is 165 Å². The van der Waals surface area contributed by atoms with Gasteiger partial charge in [-0.3, -0.25) is 0 Å². The van der Waals surface area contributed by atoms with Gasteiger partial charge in [-0.15, -0.1) is 0 Å². The summed E-state index contributed by atoms with van der Waals surface area (Å²) in [6.07, 6.45) is 0. The highest BCUT2D eigenvalue weighted by atomic mass is 31.9. The molecule has 34 heavy (non-hydrogen) atoms. The van der Waals surface area contributed by atoms with Crippen molar-refractivity contribution in [2.24, 2.45) is 0 Å². The summed E-state index contributed by atoms with van der Waals surface area (Å²) in [5.74, 6) is 0. The van der Waals surface area contributed by atoms with E-state index in [2.05, 4.69) is 150 Å². The largest absolute Gasteiger partial charge is 0.208 e. The Bertz CT molecular complexity index is 962. The molecule has 0 amide bonds. The van der Waals surface area contributed by atoms with Gasteiger partial charge < -0.3 is 0 Å². The molecule has 0 bridgehead atoms. The van der Waals surface area contributed by atoms with Crippen LogP contribution in [-0.2, 0) is 0 Å². The lowest BCUT2D eigenvalue weighted by Crippen LogP contribution is -2.74. The van der Waals surface area contributed by atoms with Crippen molar-refractivity contribution in [1.29, 1.82) is 0 Å². The van der Waals surface area contributed by atoms with Crippen molar-refractivity contribution < 1.29 is 0 Å². The van der Waals surface area contributed by atoms with Crippen LogP contribution in [0.25, 0.3) is 0 Å². The van der Waals surface area contributed by atoms with Crippen LogP contribution in [0.2, 0.25) is 58.9 Å². The average Bonchev–Trinajstić information content (AvgIpc) is 2.76. The van der Waals surface area contributed by atoms with E-state index in [9.17, 15) is 0 Å². The first-order valence-electron chi connectivity index (χ1n) is 12.4. The van der Waals surface area contributed by atoms with Gasteiger partial charge in [0.05, 0.1) is 24.2 Å². The fourth-order valence-corrected chi connectivity index (χ4v) is 62.2. The van der Waals surface area contributed by atoms with Crippen LogP contribution in [0.3, 0.4) is 0 Å². The molecule has 0 N–H and O–H groups in total. The summed E-state index contributed by atoms with van der Waals surface area (Å²) in [6.45, 7) is 24.0. The van der Waals surface area contributed by atoms with E-state index in [1.165, 1.54) is 15.6 Å². The van der Waals surface area contributed by atoms with Crippen molar-refractivity contribution in [2.45, 2.75) is 62.9 Å². The quantitative estimate of drug-likeness (QED) is 0.152. The van der Waals surface area contributed by atoms with Gasteiger partial charge in [0, 0.05) is 4.03 Å². The molecule has 3 aromatic carbocycles. The Hall–Kier alpha value is -0.872. The number of rotatable bonds is 8. The van der Waals surface area contributed by atoms with E-state index in [1.54, 1.807) is 15.3 Å². The first-order chi connectivity index (χ1) is 15.8. The zero-order valence-corrected chi connectivity index (χ0v) is 28.3. The smallest absolute Gasteiger partial charge is 0.0832 e. The van der Waals surface area contributed by atoms with E-state index in [0.717, 1.165) is 0 Å². The third-order valence-corrected chi connectivity index (χ3v) is 48.2. The fraction of sp³-hybridized carbons (Fsp3) is 0.357. The van der Waals surface area contributed by atoms with Gasteiger partial charge >= 0.3 is 0 Å². The third kappa shape index (κ3) is 5.01. The van der Waals surface area contributed by atoms with Crippen molar-refractivity contribution in [3.63, 3.8) is 0 Å². The third-order valence-electron chi connectivity index (χ3n) is 7.18. The van der Waals surface area contributed by atoms with Gasteiger partial charge in [-0.2, -0.15) is 0 Å². The first-order valence-corrected chi connectivity index (χ1v) is 28.2. The molecule has 0 aliphatic carbocycles. The van der Waals surface area contributed by atoms with Gasteiger partial charge in [0.15, 0.2) is 0 Å². The first kappa shape index (κ1) is 27.7. The lowest BCUT2D eigenvalue weighted by molar-refractivity contribution is 1.28. The molecule has 0 saturated heterocycles. The number of hydrogen-bond acceptors (Lipinski definition) is 0. The predicted octanol–water partition coefficient (Wildman–Crippen LogP) is 7.83. The van der Waals surface area contributed by atoms with Gasteiger partial charge in [-0.25, -0.2) is 0 Å². The van der Waals surface area contributed by atoms with Gasteiger partial charge in [-0.05, 0) is 15.6 Å². The molecule has 0 nitrogen and oxygen atoms in total. The van der Waals surface area contributed by atoms with Crippen molar-refractivity contribution in [2.75, 3.05) is 0 Å². The maximum absolute atomic E-state index is 2.67. The highest BCUT2D eigenvalue weighted by Gasteiger charge is 2.59. The summed E-state index contributed by atoms with van der Waals surface area (Å²) in [5, 5.41) is 4.62. The fourth-order valence-electron chi connectivity index (χ4n) is 6.69. The molecular weight excluding hydrogens is 511 g/mol. The summed E-state index contributed by atoms with van der Waals surface area (Å²) in [6, 6.07) is 34.5. The summed E-state index contributed by atoms with van der Waals surface area (Å²) < 4.78 is 0.519. The number of benzene rings is 3. The maximum atomic E-state index is 2.67. The zero-order valence-electron chi connectivity index (χ0n) is 22.6. The lowest BCUT2D eigenvalue weighted by atomic mass is 10.3. The van der Waals surface area contributed by atoms with Crippen LogP contribution in [0.15, 0.2) is 91.0 Å². The molecule has 0 saturated carbocycles. The lowest BCUT2D eigenvalue weighted by Gasteiger charge is -2.57. The van der Waals surface area contributed by atoms with Crippen LogP contribution in [0.5, 0.6) is 0 Å². The minimum absolute atomic E-state index is 0.519. The Balaban J connectivity index is 2.47. The Morgan fingerprint density at radius 1 is 0.441 bits per heavy atom. The Kier molecular flexibility index (Phi) is 8.35. The van der Waals surface area contributed by atoms with Crippen molar-refractivity contribution in [3.8, 4) is 0 Å². The van der Waals surface area contributed by atoms with Gasteiger partial charge in [0.1, 0.15) is 0 Å². The average molecular weight is 553 g/mol. The molecule has 3 aromatic rings. The molecule has 0 spiro atoms. The zero-order chi connectivity index (χ0) is 25.3. The second-order valence-corrected chi connectivity index (χ2v) is 40.2. The van der Waals surface area contributed by atoms with Gasteiger partial charge in [0.2, 0.25) is 7.74 Å². The monoisotopic (exact) mass is 552 g/mol. The maximum Gasteiger partial charge on any atom is 0.208 e. The van der Waals surface area contributed by atoms with Crippen LogP contribution >= 0.6 is 15.3 Å². The molecule has 0 aliphatic rings. The summed E-state index contributed by atoms with van der Waals surface area (Å²) in [4.78, 5) is 0. The summed E-state index contributed by atoms with van der Waals surface area (Å²) >= 11 is 0. The highest BCUT2D eigenvalue weighted by Crippen LogP contribution is 2.53. The Morgan fingerprint density at radius 3 is 0.941 bits per heavy atom. The van der Waals surface area contributed by atoms with Crippen LogP contribution in [0.1, 0.15) is 0 Å². The van der Waals surface area contributed by atoms with Crippen LogP contribution in [-0.4, -0.2) is 36.0 Å². The molecule has 0 atom stereocenters. The SMILES string of the molecule is C[Si](C)(C)C(P=P[Si](c1ccccc1)(c1ccccc1)c1ccccc1)([Si](C)(C)C)[Si](C)(C)C. The van der Waals surface area contributed by atoms with Crippen LogP contribution in [0.4, 0.5) is 0 Å². The topological polar surface area (TPSA) is 0 Å². The van der Waals surface area contributed by atoms with Crippen LogP contribution < -0.4 is 15.6 Å². The van der Waals surface area contributed by atoms with E-state index in [0.29, 0.717) is 4.03 Å². The van der Waals surface area contributed by atoms with Crippen LogP contribution in [0, 0.1) is 0 Å². The molecule has 0 aliphatic heterocycles. The normalized spacial score (nSPS) is 13.9. The minimum Gasteiger partial charge on any atom is -0.0832 e. The molecule has 0 radical (unpaired) electrons. The Morgan fingerprint density at radius 2 is 0.706 bits per heavy atom. The minimum atomic E-state index is -2.24. The van der Waals surface area contributed by atoms with E-state index in [1.807, 2.05) is 0 Å². The predicted molar refractivity (Wildman–Crippen MR) is 171 cm³/mol. The summed E-state index contributed by atoms with van der Waals surface area (Å²) in [7, 11) is -3.38. The molecule has 6 heteroatoms. The molecule has 0 unspecified atom stereocenters. The van der Waals surface area contributed by atoms with Crippen molar-refractivity contribution in [3.05, 3.63) is 91.0 Å². The van der Waals surface area contributed by atoms with E-state index in [4.69, 9.17) is 0 Å². The molecule has 0 aromatic heterocycles. The number of hydrogen-bond donors (Lipinski definition) is 0. The molecular formula is C28H42P2Si4. The summed E-state index contributed by atoms with van der Waals surface area (Å²) in [5.41, 5.74) is 0.